The Morgan fingerprint density at radius 2 is 2.07 bits per heavy atom. The third-order valence-corrected chi connectivity index (χ3v) is 4.04. The Balaban J connectivity index is 1.68. The average Bonchev–Trinajstić information content (AvgIpc) is 2.69. The SMILES string of the molecule is C=C(CCNC(=O)c1cnc(CCC)cn1)NC(=O)COc1ccc(Cl)c(F)c1. The molecule has 0 aliphatic rings. The van der Waals surface area contributed by atoms with Crippen molar-refractivity contribution in [3.05, 3.63) is 65.1 Å². The maximum Gasteiger partial charge on any atom is 0.271 e. The van der Waals surface area contributed by atoms with E-state index in [9.17, 15) is 14.0 Å². The highest BCUT2D eigenvalue weighted by Crippen LogP contribution is 2.20. The van der Waals surface area contributed by atoms with Crippen molar-refractivity contribution in [1.82, 2.24) is 20.6 Å². The van der Waals surface area contributed by atoms with Gasteiger partial charge in [-0.15, -0.1) is 0 Å². The maximum atomic E-state index is 13.3. The van der Waals surface area contributed by atoms with E-state index in [1.807, 2.05) is 6.92 Å². The number of carbonyl (C=O) groups excluding carboxylic acids is 2. The van der Waals surface area contributed by atoms with Crippen LogP contribution in [0.2, 0.25) is 5.02 Å². The van der Waals surface area contributed by atoms with E-state index >= 15 is 0 Å². The molecule has 7 nitrogen and oxygen atoms in total. The molecule has 0 bridgehead atoms. The lowest BCUT2D eigenvalue weighted by Crippen LogP contribution is -2.31. The number of nitrogens with one attached hydrogen (secondary N) is 2. The molecule has 1 heterocycles. The van der Waals surface area contributed by atoms with Crippen LogP contribution in [0.4, 0.5) is 4.39 Å². The highest BCUT2D eigenvalue weighted by molar-refractivity contribution is 6.30. The molecule has 154 valence electrons. The number of rotatable bonds is 10. The summed E-state index contributed by atoms with van der Waals surface area (Å²) in [5, 5.41) is 5.21. The van der Waals surface area contributed by atoms with E-state index in [1.54, 1.807) is 6.20 Å². The quantitative estimate of drug-likeness (QED) is 0.616. The third kappa shape index (κ3) is 7.50. The lowest BCUT2D eigenvalue weighted by molar-refractivity contribution is -0.122. The lowest BCUT2D eigenvalue weighted by Gasteiger charge is -2.10. The van der Waals surface area contributed by atoms with Gasteiger partial charge in [0.25, 0.3) is 11.8 Å². The van der Waals surface area contributed by atoms with Gasteiger partial charge >= 0.3 is 0 Å². The normalized spacial score (nSPS) is 10.3. The molecule has 0 saturated heterocycles. The highest BCUT2D eigenvalue weighted by Gasteiger charge is 2.09. The van der Waals surface area contributed by atoms with Crippen molar-refractivity contribution < 1.29 is 18.7 Å². The Hall–Kier alpha value is -3.00. The fourth-order valence-electron chi connectivity index (χ4n) is 2.29. The monoisotopic (exact) mass is 420 g/mol. The molecule has 0 atom stereocenters. The molecule has 0 fully saturated rings. The molecular weight excluding hydrogens is 399 g/mol. The van der Waals surface area contributed by atoms with Crippen molar-refractivity contribution in [1.29, 1.82) is 0 Å². The molecule has 0 spiro atoms. The molecule has 0 unspecified atom stereocenters. The van der Waals surface area contributed by atoms with E-state index in [1.165, 1.54) is 18.3 Å². The van der Waals surface area contributed by atoms with Gasteiger partial charge in [-0.3, -0.25) is 14.6 Å². The van der Waals surface area contributed by atoms with Crippen LogP contribution >= 0.6 is 11.6 Å². The average molecular weight is 421 g/mol. The van der Waals surface area contributed by atoms with E-state index in [0.717, 1.165) is 24.6 Å². The Morgan fingerprint density at radius 1 is 1.28 bits per heavy atom. The summed E-state index contributed by atoms with van der Waals surface area (Å²) in [6.07, 6.45) is 5.12. The van der Waals surface area contributed by atoms with Gasteiger partial charge in [0.1, 0.15) is 17.3 Å². The number of nitrogens with zero attached hydrogens (tertiary/aromatic N) is 2. The molecular formula is C20H22ClFN4O3. The molecule has 1 aromatic heterocycles. The first-order chi connectivity index (χ1) is 13.9. The smallest absolute Gasteiger partial charge is 0.271 e. The first-order valence-electron chi connectivity index (χ1n) is 9.03. The zero-order valence-corrected chi connectivity index (χ0v) is 16.8. The molecule has 0 aliphatic carbocycles. The molecule has 0 saturated carbocycles. The molecule has 0 aliphatic heterocycles. The number of aryl methyl sites for hydroxylation is 1. The minimum atomic E-state index is -0.630. The number of hydrogen-bond donors (Lipinski definition) is 2. The Kier molecular flexibility index (Phi) is 8.54. The number of amides is 2. The fourth-order valence-corrected chi connectivity index (χ4v) is 2.40. The largest absolute Gasteiger partial charge is 0.484 e. The number of carbonyl (C=O) groups is 2. The Morgan fingerprint density at radius 3 is 2.72 bits per heavy atom. The summed E-state index contributed by atoms with van der Waals surface area (Å²) < 4.78 is 18.5. The third-order valence-electron chi connectivity index (χ3n) is 3.73. The first kappa shape index (κ1) is 22.3. The highest BCUT2D eigenvalue weighted by atomic mass is 35.5. The van der Waals surface area contributed by atoms with Crippen LogP contribution in [0.5, 0.6) is 5.75 Å². The number of benzene rings is 1. The summed E-state index contributed by atoms with van der Waals surface area (Å²) in [5.41, 5.74) is 1.47. The van der Waals surface area contributed by atoms with E-state index in [0.29, 0.717) is 12.1 Å². The van der Waals surface area contributed by atoms with Crippen molar-refractivity contribution >= 4 is 23.4 Å². The van der Waals surface area contributed by atoms with Gasteiger partial charge in [0.2, 0.25) is 0 Å². The minimum absolute atomic E-state index is 0.0277. The van der Waals surface area contributed by atoms with Crippen LogP contribution in [0, 0.1) is 5.82 Å². The van der Waals surface area contributed by atoms with E-state index < -0.39 is 11.7 Å². The van der Waals surface area contributed by atoms with Gasteiger partial charge in [-0.1, -0.05) is 31.5 Å². The molecule has 29 heavy (non-hydrogen) atoms. The summed E-state index contributed by atoms with van der Waals surface area (Å²) in [6.45, 7) is 5.72. The van der Waals surface area contributed by atoms with Gasteiger partial charge in [0.15, 0.2) is 6.61 Å². The zero-order chi connectivity index (χ0) is 21.2. The summed E-state index contributed by atoms with van der Waals surface area (Å²) in [6, 6.07) is 3.89. The number of ether oxygens (including phenoxy) is 1. The van der Waals surface area contributed by atoms with Crippen molar-refractivity contribution in [2.24, 2.45) is 0 Å². The van der Waals surface area contributed by atoms with Crippen LogP contribution in [0.1, 0.15) is 35.9 Å². The van der Waals surface area contributed by atoms with E-state index in [2.05, 4.69) is 27.2 Å². The van der Waals surface area contributed by atoms with Crippen molar-refractivity contribution in [3.63, 3.8) is 0 Å². The van der Waals surface area contributed by atoms with Gasteiger partial charge < -0.3 is 15.4 Å². The van der Waals surface area contributed by atoms with Crippen molar-refractivity contribution in [2.45, 2.75) is 26.2 Å². The van der Waals surface area contributed by atoms with Crippen LogP contribution in [-0.2, 0) is 11.2 Å². The number of aromatic nitrogens is 2. The van der Waals surface area contributed by atoms with Crippen LogP contribution < -0.4 is 15.4 Å². The molecule has 2 rings (SSSR count). The number of halogens is 2. The molecule has 2 aromatic rings. The summed E-state index contributed by atoms with van der Waals surface area (Å²) in [5.74, 6) is -1.25. The lowest BCUT2D eigenvalue weighted by atomic mass is 10.2. The van der Waals surface area contributed by atoms with E-state index in [-0.39, 0.29) is 35.5 Å². The maximum absolute atomic E-state index is 13.3. The molecule has 2 N–H and O–H groups in total. The van der Waals surface area contributed by atoms with Gasteiger partial charge in [0, 0.05) is 30.9 Å². The van der Waals surface area contributed by atoms with Crippen LogP contribution in [-0.4, -0.2) is 34.9 Å². The van der Waals surface area contributed by atoms with Gasteiger partial charge in [-0.25, -0.2) is 9.37 Å². The van der Waals surface area contributed by atoms with Crippen molar-refractivity contribution in [3.8, 4) is 5.75 Å². The van der Waals surface area contributed by atoms with Crippen LogP contribution in [0.15, 0.2) is 42.9 Å². The summed E-state index contributed by atoms with van der Waals surface area (Å²) in [7, 11) is 0. The van der Waals surface area contributed by atoms with Crippen LogP contribution in [0.3, 0.4) is 0 Å². The zero-order valence-electron chi connectivity index (χ0n) is 16.0. The van der Waals surface area contributed by atoms with Crippen molar-refractivity contribution in [2.75, 3.05) is 13.2 Å². The second-order valence-corrected chi connectivity index (χ2v) is 6.57. The second kappa shape index (κ2) is 11.1. The van der Waals surface area contributed by atoms with Gasteiger partial charge in [-0.05, 0) is 18.6 Å². The van der Waals surface area contributed by atoms with Crippen LogP contribution in [0.25, 0.3) is 0 Å². The van der Waals surface area contributed by atoms with E-state index in [4.69, 9.17) is 16.3 Å². The predicted octanol–water partition coefficient (Wildman–Crippen LogP) is 3.05. The second-order valence-electron chi connectivity index (χ2n) is 6.17. The molecule has 9 heteroatoms. The summed E-state index contributed by atoms with van der Waals surface area (Å²) >= 11 is 5.58. The topological polar surface area (TPSA) is 93.2 Å². The Bertz CT molecular complexity index is 875. The predicted molar refractivity (Wildman–Crippen MR) is 107 cm³/mol. The summed E-state index contributed by atoms with van der Waals surface area (Å²) in [4.78, 5) is 32.2. The Labute approximate surface area is 173 Å². The molecule has 1 aromatic carbocycles. The number of hydrogen-bond acceptors (Lipinski definition) is 5. The minimum Gasteiger partial charge on any atom is -0.484 e. The van der Waals surface area contributed by atoms with Gasteiger partial charge in [-0.2, -0.15) is 0 Å². The molecule has 0 radical (unpaired) electrons. The first-order valence-corrected chi connectivity index (χ1v) is 9.41. The van der Waals surface area contributed by atoms with Gasteiger partial charge in [0.05, 0.1) is 16.9 Å². The molecule has 2 amide bonds. The fraction of sp³-hybridized carbons (Fsp3) is 0.300. The standard InChI is InChI=1S/C20H22ClFN4O3/c1-3-4-14-10-25-18(11-24-14)20(28)23-8-7-13(2)26-19(27)12-29-15-5-6-16(21)17(22)9-15/h5-6,9-11H,2-4,7-8,12H2,1H3,(H,23,28)(H,26,27).